The molecule has 4 nitrogen and oxygen atoms in total. The van der Waals surface area contributed by atoms with Gasteiger partial charge in [-0.2, -0.15) is 4.31 Å². The van der Waals surface area contributed by atoms with Gasteiger partial charge < -0.3 is 5.11 Å². The molecule has 1 aromatic carbocycles. The lowest BCUT2D eigenvalue weighted by atomic mass is 9.87. The maximum absolute atomic E-state index is 12.9. The zero-order valence-electron chi connectivity index (χ0n) is 13.3. The molecule has 0 unspecified atom stereocenters. The molecule has 1 aliphatic rings. The number of rotatable bonds is 5. The van der Waals surface area contributed by atoms with Crippen molar-refractivity contribution < 1.29 is 13.5 Å². The summed E-state index contributed by atoms with van der Waals surface area (Å²) in [7, 11) is -3.54. The van der Waals surface area contributed by atoms with Crippen molar-refractivity contribution in [2.24, 2.45) is 0 Å². The summed E-state index contributed by atoms with van der Waals surface area (Å²) >= 11 is 0. The maximum atomic E-state index is 12.9. The van der Waals surface area contributed by atoms with Gasteiger partial charge in [-0.05, 0) is 42.4 Å². The van der Waals surface area contributed by atoms with Gasteiger partial charge in [0.1, 0.15) is 0 Å². The molecule has 0 amide bonds. The van der Waals surface area contributed by atoms with Crippen LogP contribution in [0.15, 0.2) is 23.1 Å². The van der Waals surface area contributed by atoms with Gasteiger partial charge >= 0.3 is 0 Å². The van der Waals surface area contributed by atoms with E-state index in [0.29, 0.717) is 4.90 Å². The summed E-state index contributed by atoms with van der Waals surface area (Å²) in [4.78, 5) is 0.371. The minimum absolute atomic E-state index is 0.0554. The first-order chi connectivity index (χ1) is 9.67. The van der Waals surface area contributed by atoms with Crippen molar-refractivity contribution in [1.29, 1.82) is 0 Å². The lowest BCUT2D eigenvalue weighted by molar-refractivity contribution is 0.250. The van der Waals surface area contributed by atoms with Crippen LogP contribution in [0.25, 0.3) is 0 Å². The van der Waals surface area contributed by atoms with E-state index in [1.807, 2.05) is 19.1 Å². The van der Waals surface area contributed by atoms with E-state index in [2.05, 4.69) is 20.8 Å². The van der Waals surface area contributed by atoms with Crippen LogP contribution in [0.3, 0.4) is 0 Å². The van der Waals surface area contributed by atoms with Crippen LogP contribution in [0.1, 0.15) is 44.7 Å². The minimum atomic E-state index is -3.54. The summed E-state index contributed by atoms with van der Waals surface area (Å²) in [6, 6.07) is 5.70. The van der Waals surface area contributed by atoms with Gasteiger partial charge in [-0.25, -0.2) is 8.42 Å². The summed E-state index contributed by atoms with van der Waals surface area (Å²) < 4.78 is 27.3. The Hall–Kier alpha value is -0.910. The van der Waals surface area contributed by atoms with Gasteiger partial charge in [0, 0.05) is 12.6 Å². The van der Waals surface area contributed by atoms with E-state index < -0.39 is 10.0 Å². The normalized spacial score (nSPS) is 16.5. The Morgan fingerprint density at radius 1 is 1.29 bits per heavy atom. The fourth-order valence-corrected chi connectivity index (χ4v) is 4.36. The van der Waals surface area contributed by atoms with Crippen molar-refractivity contribution in [3.8, 4) is 0 Å². The second kappa shape index (κ2) is 5.71. The second-order valence-corrected chi connectivity index (χ2v) is 8.66. The number of hydrogen-bond acceptors (Lipinski definition) is 3. The first-order valence-electron chi connectivity index (χ1n) is 7.42. The predicted molar refractivity (Wildman–Crippen MR) is 83.9 cm³/mol. The van der Waals surface area contributed by atoms with Crippen LogP contribution in [0.5, 0.6) is 0 Å². The van der Waals surface area contributed by atoms with E-state index in [0.717, 1.165) is 24.0 Å². The van der Waals surface area contributed by atoms with Crippen LogP contribution in [0.4, 0.5) is 0 Å². The second-order valence-electron chi connectivity index (χ2n) is 6.80. The van der Waals surface area contributed by atoms with Crippen molar-refractivity contribution in [2.75, 3.05) is 13.2 Å². The number of aliphatic hydroxyl groups excluding tert-OH is 1. The van der Waals surface area contributed by atoms with Crippen LogP contribution >= 0.6 is 0 Å². The summed E-state index contributed by atoms with van der Waals surface area (Å²) in [6.07, 6.45) is 1.77. The lowest BCUT2D eigenvalue weighted by Gasteiger charge is -2.25. The van der Waals surface area contributed by atoms with E-state index in [4.69, 9.17) is 0 Å². The van der Waals surface area contributed by atoms with E-state index >= 15 is 0 Å². The molecule has 1 saturated carbocycles. The highest BCUT2D eigenvalue weighted by molar-refractivity contribution is 7.89. The van der Waals surface area contributed by atoms with Crippen LogP contribution in [-0.2, 0) is 15.4 Å². The van der Waals surface area contributed by atoms with Crippen molar-refractivity contribution >= 4 is 10.0 Å². The van der Waals surface area contributed by atoms with Crippen LogP contribution in [0.2, 0.25) is 0 Å². The fraction of sp³-hybridized carbons (Fsp3) is 0.625. The average Bonchev–Trinajstić information content (AvgIpc) is 3.18. The minimum Gasteiger partial charge on any atom is -0.395 e. The van der Waals surface area contributed by atoms with Crippen molar-refractivity contribution in [1.82, 2.24) is 4.31 Å². The molecule has 1 fully saturated rings. The molecule has 1 N–H and O–H groups in total. The first kappa shape index (κ1) is 16.5. The van der Waals surface area contributed by atoms with Gasteiger partial charge in [0.15, 0.2) is 0 Å². The van der Waals surface area contributed by atoms with Gasteiger partial charge in [-0.15, -0.1) is 0 Å². The summed E-state index contributed by atoms with van der Waals surface area (Å²) in [5.74, 6) is 0. The predicted octanol–water partition coefficient (Wildman–Crippen LogP) is 2.44. The van der Waals surface area contributed by atoms with Gasteiger partial charge in [-0.1, -0.05) is 32.9 Å². The standard InChI is InChI=1S/C16H25NO3S/c1-12-5-6-13(16(2,3)4)11-15(12)21(19,20)17(9-10-18)14-7-8-14/h5-6,11,14,18H,7-10H2,1-4H3. The summed E-state index contributed by atoms with van der Waals surface area (Å²) in [6.45, 7) is 8.06. The Balaban J connectivity index is 2.48. The Labute approximate surface area is 127 Å². The molecule has 0 aliphatic heterocycles. The van der Waals surface area contributed by atoms with E-state index in [-0.39, 0.29) is 24.6 Å². The Bertz CT molecular complexity index is 613. The number of aryl methyl sites for hydroxylation is 1. The highest BCUT2D eigenvalue weighted by Gasteiger charge is 2.38. The zero-order valence-corrected chi connectivity index (χ0v) is 14.1. The van der Waals surface area contributed by atoms with Gasteiger partial charge in [0.05, 0.1) is 11.5 Å². The summed E-state index contributed by atoms with van der Waals surface area (Å²) in [5, 5.41) is 9.17. The third kappa shape index (κ3) is 3.47. The Morgan fingerprint density at radius 3 is 2.38 bits per heavy atom. The van der Waals surface area contributed by atoms with E-state index in [9.17, 15) is 13.5 Å². The average molecular weight is 311 g/mol. The third-order valence-corrected chi connectivity index (χ3v) is 6.01. The topological polar surface area (TPSA) is 57.6 Å². The molecule has 0 saturated heterocycles. The number of aliphatic hydroxyl groups is 1. The molecule has 2 rings (SSSR count). The molecule has 0 radical (unpaired) electrons. The zero-order chi connectivity index (χ0) is 15.8. The van der Waals surface area contributed by atoms with Gasteiger partial charge in [-0.3, -0.25) is 0 Å². The van der Waals surface area contributed by atoms with E-state index in [1.165, 1.54) is 4.31 Å². The van der Waals surface area contributed by atoms with Crippen LogP contribution in [0, 0.1) is 6.92 Å². The van der Waals surface area contributed by atoms with Crippen molar-refractivity contribution in [3.63, 3.8) is 0 Å². The molecular formula is C16H25NO3S. The number of benzene rings is 1. The van der Waals surface area contributed by atoms with Gasteiger partial charge in [0.2, 0.25) is 10.0 Å². The molecule has 0 bridgehead atoms. The molecule has 118 valence electrons. The largest absolute Gasteiger partial charge is 0.395 e. The number of nitrogens with zero attached hydrogens (tertiary/aromatic N) is 1. The fourth-order valence-electron chi connectivity index (χ4n) is 2.43. The first-order valence-corrected chi connectivity index (χ1v) is 8.86. The van der Waals surface area contributed by atoms with Crippen molar-refractivity contribution in [3.05, 3.63) is 29.3 Å². The highest BCUT2D eigenvalue weighted by atomic mass is 32.2. The summed E-state index contributed by atoms with van der Waals surface area (Å²) in [5.41, 5.74) is 1.66. The lowest BCUT2D eigenvalue weighted by Crippen LogP contribution is -2.36. The van der Waals surface area contributed by atoms with E-state index in [1.54, 1.807) is 6.07 Å². The quantitative estimate of drug-likeness (QED) is 0.908. The molecule has 0 atom stereocenters. The molecule has 1 aliphatic carbocycles. The molecule has 0 heterocycles. The van der Waals surface area contributed by atoms with Crippen LogP contribution < -0.4 is 0 Å². The van der Waals surface area contributed by atoms with Crippen LogP contribution in [-0.4, -0.2) is 37.0 Å². The molecule has 0 aromatic heterocycles. The molecule has 5 heteroatoms. The number of hydrogen-bond donors (Lipinski definition) is 1. The number of sulfonamides is 1. The molecule has 21 heavy (non-hydrogen) atoms. The highest BCUT2D eigenvalue weighted by Crippen LogP contribution is 2.34. The molecule has 0 spiro atoms. The monoisotopic (exact) mass is 311 g/mol. The maximum Gasteiger partial charge on any atom is 0.243 e. The van der Waals surface area contributed by atoms with Gasteiger partial charge in [0.25, 0.3) is 0 Å². The molecular weight excluding hydrogens is 286 g/mol. The Morgan fingerprint density at radius 2 is 1.90 bits per heavy atom. The Kier molecular flexibility index (Phi) is 4.47. The smallest absolute Gasteiger partial charge is 0.243 e. The SMILES string of the molecule is Cc1ccc(C(C)(C)C)cc1S(=O)(=O)N(CCO)C1CC1. The molecule has 1 aromatic rings. The third-order valence-electron chi connectivity index (χ3n) is 3.92. The van der Waals surface area contributed by atoms with Crippen molar-refractivity contribution in [2.45, 2.75) is 56.9 Å².